The summed E-state index contributed by atoms with van der Waals surface area (Å²) >= 11 is 0. The summed E-state index contributed by atoms with van der Waals surface area (Å²) in [5.41, 5.74) is 0.545. The molecule has 0 aliphatic carbocycles. The van der Waals surface area contributed by atoms with Gasteiger partial charge < -0.3 is 10.1 Å². The van der Waals surface area contributed by atoms with E-state index in [9.17, 15) is 13.2 Å². The van der Waals surface area contributed by atoms with Crippen LogP contribution in [0.5, 0.6) is 5.75 Å². The van der Waals surface area contributed by atoms with E-state index in [0.717, 1.165) is 25.5 Å². The summed E-state index contributed by atoms with van der Waals surface area (Å²) in [6.07, 6.45) is 5.66. The van der Waals surface area contributed by atoms with Crippen molar-refractivity contribution >= 4 is 21.6 Å². The molecular formula is C20H34N2O4S. The minimum atomic E-state index is -3.31. The number of carbonyl (C=O) groups excluding carboxylic acids is 1. The molecule has 1 aromatic carbocycles. The maximum atomic E-state index is 12.5. The first-order valence-electron chi connectivity index (χ1n) is 9.71. The van der Waals surface area contributed by atoms with E-state index >= 15 is 0 Å². The van der Waals surface area contributed by atoms with Gasteiger partial charge in [-0.1, -0.05) is 40.0 Å². The van der Waals surface area contributed by atoms with Crippen molar-refractivity contribution in [3.63, 3.8) is 0 Å². The zero-order chi connectivity index (χ0) is 20.4. The second kappa shape index (κ2) is 11.2. The maximum Gasteiger partial charge on any atom is 0.261 e. The van der Waals surface area contributed by atoms with Crippen LogP contribution in [-0.2, 0) is 14.8 Å². The van der Waals surface area contributed by atoms with Crippen molar-refractivity contribution in [2.24, 2.45) is 5.92 Å². The number of ether oxygens (including phenoxy) is 1. The second-order valence-electron chi connectivity index (χ2n) is 6.90. The molecule has 0 bridgehead atoms. The summed E-state index contributed by atoms with van der Waals surface area (Å²) in [4.78, 5) is 12.5. The Kier molecular flexibility index (Phi) is 9.63. The van der Waals surface area contributed by atoms with Gasteiger partial charge in [0.15, 0.2) is 6.10 Å². The summed E-state index contributed by atoms with van der Waals surface area (Å²) < 4.78 is 30.2. The average molecular weight is 399 g/mol. The fourth-order valence-corrected chi connectivity index (χ4v) is 3.22. The minimum Gasteiger partial charge on any atom is -0.481 e. The lowest BCUT2D eigenvalue weighted by molar-refractivity contribution is -0.128. The summed E-state index contributed by atoms with van der Waals surface area (Å²) in [6, 6.07) is 6.70. The number of nitrogens with zero attached hydrogens (tertiary/aromatic N) is 1. The molecule has 0 radical (unpaired) electrons. The first-order chi connectivity index (χ1) is 12.7. The standard InChI is InChI=1S/C20H34N2O4S/c1-6-9-10-16(7-2)15-21-20(23)19(8-3)26-18-13-11-17(12-14-18)22(4)27(5,24)25/h11-14,16,19H,6-10,15H2,1-5H3,(H,21,23)/t16-,19+/m0/s1. The molecule has 27 heavy (non-hydrogen) atoms. The second-order valence-corrected chi connectivity index (χ2v) is 8.91. The normalized spacial score (nSPS) is 13.7. The van der Waals surface area contributed by atoms with Crippen molar-refractivity contribution in [3.05, 3.63) is 24.3 Å². The summed E-state index contributed by atoms with van der Waals surface area (Å²) in [6.45, 7) is 6.90. The van der Waals surface area contributed by atoms with E-state index in [2.05, 4.69) is 19.2 Å². The number of nitrogens with one attached hydrogen (secondary N) is 1. The monoisotopic (exact) mass is 398 g/mol. The quantitative estimate of drug-likeness (QED) is 0.584. The highest BCUT2D eigenvalue weighted by Gasteiger charge is 2.20. The zero-order valence-corrected chi connectivity index (χ0v) is 18.0. The fourth-order valence-electron chi connectivity index (χ4n) is 2.71. The molecule has 154 valence electrons. The Hall–Kier alpha value is -1.76. The molecule has 0 aromatic heterocycles. The van der Waals surface area contributed by atoms with E-state index in [-0.39, 0.29) is 5.91 Å². The number of amides is 1. The Labute approximate surface area is 164 Å². The number of carbonyl (C=O) groups is 1. The van der Waals surface area contributed by atoms with E-state index in [1.165, 1.54) is 17.8 Å². The van der Waals surface area contributed by atoms with Crippen molar-refractivity contribution in [1.82, 2.24) is 5.32 Å². The van der Waals surface area contributed by atoms with Gasteiger partial charge in [-0.25, -0.2) is 8.42 Å². The van der Waals surface area contributed by atoms with Crippen LogP contribution >= 0.6 is 0 Å². The molecule has 0 fully saturated rings. The van der Waals surface area contributed by atoms with E-state index in [4.69, 9.17) is 4.74 Å². The average Bonchev–Trinajstić information content (AvgIpc) is 2.65. The van der Waals surface area contributed by atoms with E-state index in [1.807, 2.05) is 6.92 Å². The Morgan fingerprint density at radius 2 is 1.78 bits per heavy atom. The van der Waals surface area contributed by atoms with E-state index in [1.54, 1.807) is 24.3 Å². The zero-order valence-electron chi connectivity index (χ0n) is 17.2. The van der Waals surface area contributed by atoms with Gasteiger partial charge in [0.25, 0.3) is 5.91 Å². The molecule has 1 aromatic rings. The van der Waals surface area contributed by atoms with Crippen molar-refractivity contribution in [3.8, 4) is 5.75 Å². The summed E-state index contributed by atoms with van der Waals surface area (Å²) in [7, 11) is -1.81. The summed E-state index contributed by atoms with van der Waals surface area (Å²) in [5.74, 6) is 0.933. The highest BCUT2D eigenvalue weighted by molar-refractivity contribution is 7.92. The number of rotatable bonds is 12. The molecule has 0 heterocycles. The third-order valence-electron chi connectivity index (χ3n) is 4.75. The maximum absolute atomic E-state index is 12.5. The van der Waals surface area contributed by atoms with Gasteiger partial charge in [0.1, 0.15) is 5.75 Å². The van der Waals surface area contributed by atoms with Gasteiger partial charge in [-0.2, -0.15) is 0 Å². The van der Waals surface area contributed by atoms with Crippen LogP contribution in [0.25, 0.3) is 0 Å². The molecule has 0 aliphatic rings. The highest BCUT2D eigenvalue weighted by atomic mass is 32.2. The molecule has 0 unspecified atom stereocenters. The van der Waals surface area contributed by atoms with E-state index < -0.39 is 16.1 Å². The van der Waals surface area contributed by atoms with Crippen LogP contribution in [0.1, 0.15) is 52.9 Å². The predicted octanol–water partition coefficient (Wildman–Crippen LogP) is 3.57. The third kappa shape index (κ3) is 7.79. The van der Waals surface area contributed by atoms with Gasteiger partial charge in [0, 0.05) is 13.6 Å². The number of sulfonamides is 1. The topological polar surface area (TPSA) is 75.7 Å². The van der Waals surface area contributed by atoms with Gasteiger partial charge in [-0.3, -0.25) is 9.10 Å². The molecule has 0 saturated carbocycles. The number of anilines is 1. The van der Waals surface area contributed by atoms with Gasteiger partial charge in [-0.15, -0.1) is 0 Å². The van der Waals surface area contributed by atoms with Crippen LogP contribution in [-0.4, -0.2) is 40.3 Å². The number of benzene rings is 1. The van der Waals surface area contributed by atoms with Crippen LogP contribution in [0.15, 0.2) is 24.3 Å². The first-order valence-corrected chi connectivity index (χ1v) is 11.6. The lowest BCUT2D eigenvalue weighted by Gasteiger charge is -2.21. The molecule has 0 aliphatic heterocycles. The fraction of sp³-hybridized carbons (Fsp3) is 0.650. The number of hydrogen-bond acceptors (Lipinski definition) is 4. The van der Waals surface area contributed by atoms with Gasteiger partial charge in [-0.05, 0) is 43.0 Å². The van der Waals surface area contributed by atoms with Crippen molar-refractivity contribution in [2.75, 3.05) is 24.2 Å². The van der Waals surface area contributed by atoms with Crippen LogP contribution in [0.4, 0.5) is 5.69 Å². The van der Waals surface area contributed by atoms with Gasteiger partial charge in [0.05, 0.1) is 11.9 Å². The molecule has 0 saturated heterocycles. The van der Waals surface area contributed by atoms with Crippen LogP contribution in [0.2, 0.25) is 0 Å². The molecule has 7 heteroatoms. The van der Waals surface area contributed by atoms with Crippen LogP contribution in [0.3, 0.4) is 0 Å². The van der Waals surface area contributed by atoms with Crippen molar-refractivity contribution in [2.45, 2.75) is 59.0 Å². The third-order valence-corrected chi connectivity index (χ3v) is 5.95. The SMILES string of the molecule is CCCC[C@H](CC)CNC(=O)[C@@H](CC)Oc1ccc(N(C)S(C)(=O)=O)cc1. The number of hydrogen-bond donors (Lipinski definition) is 1. The Balaban J connectivity index is 2.65. The Bertz CT molecular complexity index is 674. The molecule has 1 N–H and O–H groups in total. The lowest BCUT2D eigenvalue weighted by atomic mass is 9.99. The molecule has 0 spiro atoms. The smallest absolute Gasteiger partial charge is 0.261 e. The molecular weight excluding hydrogens is 364 g/mol. The first kappa shape index (κ1) is 23.3. The molecule has 6 nitrogen and oxygen atoms in total. The van der Waals surface area contributed by atoms with Crippen molar-refractivity contribution in [1.29, 1.82) is 0 Å². The molecule has 2 atom stereocenters. The van der Waals surface area contributed by atoms with Crippen LogP contribution < -0.4 is 14.4 Å². The molecule has 1 rings (SSSR count). The predicted molar refractivity (Wildman–Crippen MR) is 111 cm³/mol. The number of unbranched alkanes of at least 4 members (excludes halogenated alkanes) is 1. The highest BCUT2D eigenvalue weighted by Crippen LogP contribution is 2.21. The van der Waals surface area contributed by atoms with E-state index in [0.29, 0.717) is 30.3 Å². The van der Waals surface area contributed by atoms with Crippen molar-refractivity contribution < 1.29 is 17.9 Å². The molecule has 1 amide bonds. The lowest BCUT2D eigenvalue weighted by Crippen LogP contribution is -2.40. The van der Waals surface area contributed by atoms with Gasteiger partial charge in [0.2, 0.25) is 10.0 Å². The van der Waals surface area contributed by atoms with Crippen LogP contribution in [0, 0.1) is 5.92 Å². The minimum absolute atomic E-state index is 0.107. The summed E-state index contributed by atoms with van der Waals surface area (Å²) in [5, 5.41) is 3.01. The Morgan fingerprint density at radius 1 is 1.15 bits per heavy atom. The van der Waals surface area contributed by atoms with Gasteiger partial charge >= 0.3 is 0 Å². The Morgan fingerprint density at radius 3 is 2.26 bits per heavy atom. The largest absolute Gasteiger partial charge is 0.481 e.